The molecule has 1 saturated carbocycles. The quantitative estimate of drug-likeness (QED) is 0.0402. The average molecular weight is 1030 g/mol. The van der Waals surface area contributed by atoms with Gasteiger partial charge in [0.1, 0.15) is 17.3 Å². The van der Waals surface area contributed by atoms with Crippen LogP contribution in [0.5, 0.6) is 5.75 Å². The Morgan fingerprint density at radius 2 is 1.66 bits per heavy atom. The molecule has 0 radical (unpaired) electrons. The third kappa shape index (κ3) is 8.72. The number of H-pyrrole nitrogens is 1. The lowest BCUT2D eigenvalue weighted by molar-refractivity contribution is -0.203. The molecule has 2 aromatic carbocycles. The van der Waals surface area contributed by atoms with Gasteiger partial charge >= 0.3 is 16.4 Å². The third-order valence-electron chi connectivity index (χ3n) is 16.3. The second-order valence-electron chi connectivity index (χ2n) is 20.0. The SMILES string of the molecule is CC[C@]1(O)C[C@H]2CN(CCc3c([nH]c4ccccc34)[C@@](C(=O)OC)(c3cc4c(cc3OC)N(C)[C@H]3[C@@](O)(C(=O)NCCSSCCNC(C)=O)[C@H](O)[C@]5(CC)C=CCN6CC[C@]43[C@@H]65)C2)C1.O=S(=O)(O)O. The van der Waals surface area contributed by atoms with Crippen LogP contribution in [-0.4, -0.2) is 173 Å². The second-order valence-corrected chi connectivity index (χ2v) is 23.6. The number of piperidine rings is 1. The number of anilines is 1. The molecule has 2 saturated heterocycles. The van der Waals surface area contributed by atoms with E-state index >= 15 is 4.79 Å². The van der Waals surface area contributed by atoms with Gasteiger partial charge in [0, 0.05) is 116 Å². The number of carbonyl (C=O) groups is 3. The standard InChI is InChI=1S/C49H66N6O8S2.H2O4S/c1-7-45(60)26-31-27-48(44(59)63-6,39-33(14-20-54(28-31)29-45)32-12-9-10-13-36(32)52-39)35-24-34-37(25-38(35)62-5)53(4)41-47(34)16-21-55-19-11-15-46(8-2,40(47)55)42(57)49(41,61)43(58)51-18-23-65-64-22-17-50-30(3)56;1-5(2,3)4/h9-13,15,24-25,31,40-42,52,57,60-61H,7-8,14,16-23,26-29H2,1-6H3,(H,50,56)(H,51,58);(H2,1,2,3,4)/t31-,40+,41-,42-,45+,46-,47-,48+,49+;/m1./s1. The number of hydrogen-bond acceptors (Lipinski definition) is 15. The minimum absolute atomic E-state index is 0.0772. The van der Waals surface area contributed by atoms with Crippen molar-refractivity contribution >= 4 is 66.4 Å². The van der Waals surface area contributed by atoms with Crippen molar-refractivity contribution in [1.29, 1.82) is 0 Å². The van der Waals surface area contributed by atoms with Gasteiger partial charge in [-0.2, -0.15) is 8.42 Å². The van der Waals surface area contributed by atoms with E-state index in [9.17, 15) is 24.9 Å². The minimum atomic E-state index is -4.67. The summed E-state index contributed by atoms with van der Waals surface area (Å²) in [6, 6.07) is 11.1. The van der Waals surface area contributed by atoms with Crippen molar-refractivity contribution in [2.45, 2.75) is 99.5 Å². The highest BCUT2D eigenvalue weighted by Gasteiger charge is 2.78. The molecule has 1 aliphatic carbocycles. The number of aromatic amines is 1. The van der Waals surface area contributed by atoms with E-state index < -0.39 is 61.9 Å². The van der Waals surface area contributed by atoms with Crippen LogP contribution in [-0.2, 0) is 46.8 Å². The lowest BCUT2D eigenvalue weighted by atomic mass is 9.47. The Kier molecular flexibility index (Phi) is 14.9. The van der Waals surface area contributed by atoms with Gasteiger partial charge < -0.3 is 45.3 Å². The van der Waals surface area contributed by atoms with Crippen LogP contribution in [0.25, 0.3) is 10.9 Å². The van der Waals surface area contributed by atoms with Gasteiger partial charge in [-0.15, -0.1) is 0 Å². The number of fused-ring (bicyclic) bond motifs is 6. The number of nitrogens with zero attached hydrogens (tertiary/aromatic N) is 3. The van der Waals surface area contributed by atoms with E-state index in [1.54, 1.807) is 28.7 Å². The monoisotopic (exact) mass is 1030 g/mol. The van der Waals surface area contributed by atoms with Crippen molar-refractivity contribution in [3.8, 4) is 5.75 Å². The largest absolute Gasteiger partial charge is 0.496 e. The van der Waals surface area contributed by atoms with E-state index in [1.165, 1.54) is 14.0 Å². The summed E-state index contributed by atoms with van der Waals surface area (Å²) >= 11 is 0. The van der Waals surface area contributed by atoms with Crippen molar-refractivity contribution in [3.63, 3.8) is 0 Å². The van der Waals surface area contributed by atoms with E-state index in [-0.39, 0.29) is 24.4 Å². The number of amides is 2. The summed E-state index contributed by atoms with van der Waals surface area (Å²) in [5.74, 6) is 0.519. The van der Waals surface area contributed by atoms with Gasteiger partial charge in [0.2, 0.25) is 5.91 Å². The van der Waals surface area contributed by atoms with E-state index in [1.807, 2.05) is 50.1 Å². The lowest BCUT2D eigenvalue weighted by Gasteiger charge is -2.63. The molecule has 5 aliphatic heterocycles. The first-order chi connectivity index (χ1) is 33.2. The third-order valence-corrected chi connectivity index (χ3v) is 18.7. The molecule has 9 rings (SSSR count). The molecular weight excluding hydrogens is 961 g/mol. The summed E-state index contributed by atoms with van der Waals surface area (Å²) in [6.07, 6.45) is 5.84. The predicted molar refractivity (Wildman–Crippen MR) is 270 cm³/mol. The molecule has 18 nitrogen and oxygen atoms in total. The van der Waals surface area contributed by atoms with E-state index in [4.69, 9.17) is 27.0 Å². The number of ether oxygens (including phenoxy) is 2. The van der Waals surface area contributed by atoms with E-state index in [0.717, 1.165) is 33.4 Å². The summed E-state index contributed by atoms with van der Waals surface area (Å²) in [4.78, 5) is 52.2. The number of methoxy groups -OCH3 is 2. The Morgan fingerprint density at radius 1 is 0.957 bits per heavy atom. The van der Waals surface area contributed by atoms with Crippen LogP contribution in [0, 0.1) is 11.3 Å². The number of para-hydroxylation sites is 1. The van der Waals surface area contributed by atoms with Crippen molar-refractivity contribution in [1.82, 2.24) is 25.4 Å². The van der Waals surface area contributed by atoms with Crippen LogP contribution in [0.3, 0.4) is 0 Å². The van der Waals surface area contributed by atoms with Crippen LogP contribution in [0.15, 0.2) is 48.6 Å². The molecule has 1 spiro atoms. The highest BCUT2D eigenvalue weighted by atomic mass is 33.1. The maximum atomic E-state index is 15.4. The molecular formula is C49H68N6O12S3. The van der Waals surface area contributed by atoms with E-state index in [2.05, 4.69) is 49.7 Å². The number of esters is 1. The number of aromatic nitrogens is 1. The number of hydrogen-bond donors (Lipinski definition) is 8. The predicted octanol–water partition coefficient (Wildman–Crippen LogP) is 3.23. The zero-order valence-corrected chi connectivity index (χ0v) is 43.1. The number of aliphatic hydroxyl groups is 3. The Labute approximate surface area is 417 Å². The minimum Gasteiger partial charge on any atom is -0.496 e. The summed E-state index contributed by atoms with van der Waals surface area (Å²) in [6.45, 7) is 9.70. The fourth-order valence-electron chi connectivity index (χ4n) is 13.8. The molecule has 6 aliphatic rings. The number of rotatable bonds is 13. The lowest BCUT2D eigenvalue weighted by Crippen LogP contribution is -2.81. The Morgan fingerprint density at radius 3 is 2.31 bits per heavy atom. The second kappa shape index (κ2) is 19.8. The smallest absolute Gasteiger partial charge is 0.394 e. The summed E-state index contributed by atoms with van der Waals surface area (Å²) in [7, 11) is 3.46. The number of nitrogens with one attached hydrogen (secondary N) is 3. The van der Waals surface area contributed by atoms with Crippen LogP contribution >= 0.6 is 21.6 Å². The molecule has 21 heteroatoms. The first-order valence-corrected chi connectivity index (χ1v) is 28.0. The van der Waals surface area contributed by atoms with Gasteiger partial charge in [-0.25, -0.2) is 0 Å². The maximum Gasteiger partial charge on any atom is 0.394 e. The van der Waals surface area contributed by atoms with Crippen LogP contribution < -0.4 is 20.3 Å². The molecule has 1 unspecified atom stereocenters. The molecule has 3 aromatic rings. The molecule has 384 valence electrons. The molecule has 2 bridgehead atoms. The van der Waals surface area contributed by atoms with Gasteiger partial charge in [0.05, 0.1) is 25.9 Å². The first-order valence-electron chi connectivity index (χ1n) is 24.1. The molecule has 2 amide bonds. The maximum absolute atomic E-state index is 15.4. The number of carbonyl (C=O) groups excluding carboxylic acids is 3. The van der Waals surface area contributed by atoms with Crippen LogP contribution in [0.1, 0.15) is 75.3 Å². The summed E-state index contributed by atoms with van der Waals surface area (Å²) < 4.78 is 44.0. The number of aliphatic hydroxyl groups excluding tert-OH is 1. The van der Waals surface area contributed by atoms with Gasteiger partial charge in [-0.3, -0.25) is 33.3 Å². The molecule has 10 atom stereocenters. The normalized spacial score (nSPS) is 33.0. The van der Waals surface area contributed by atoms with Gasteiger partial charge in [-0.1, -0.05) is 65.8 Å². The fourth-order valence-corrected chi connectivity index (χ4v) is 15.6. The van der Waals surface area contributed by atoms with E-state index in [0.29, 0.717) is 101 Å². The van der Waals surface area contributed by atoms with Crippen LogP contribution in [0.2, 0.25) is 0 Å². The Balaban J connectivity index is 0.00000125. The zero-order valence-electron chi connectivity index (χ0n) is 40.7. The first kappa shape index (κ1) is 52.4. The van der Waals surface area contributed by atoms with Gasteiger partial charge in [0.25, 0.3) is 5.91 Å². The molecule has 8 N–H and O–H groups in total. The van der Waals surface area contributed by atoms with Crippen LogP contribution in [0.4, 0.5) is 5.69 Å². The molecule has 3 fully saturated rings. The average Bonchev–Trinajstić information content (AvgIpc) is 3.99. The number of likely N-dealkylation sites (N-methyl/N-ethyl adjacent to an activating group) is 1. The highest BCUT2D eigenvalue weighted by molar-refractivity contribution is 8.76. The van der Waals surface area contributed by atoms with Crippen molar-refractivity contribution in [3.05, 3.63) is 70.9 Å². The van der Waals surface area contributed by atoms with Gasteiger partial charge in [0.15, 0.2) is 5.60 Å². The van der Waals surface area contributed by atoms with Crippen molar-refractivity contribution in [2.75, 3.05) is 83.5 Å². The van der Waals surface area contributed by atoms with Crippen molar-refractivity contribution < 1.29 is 56.7 Å². The molecule has 1 aromatic heterocycles. The van der Waals surface area contributed by atoms with Crippen molar-refractivity contribution in [2.24, 2.45) is 11.3 Å². The summed E-state index contributed by atoms with van der Waals surface area (Å²) in [5, 5.41) is 45.2. The van der Waals surface area contributed by atoms with Gasteiger partial charge in [-0.05, 0) is 74.2 Å². The fraction of sp³-hybridized carbons (Fsp3) is 0.612. The highest BCUT2D eigenvalue weighted by Crippen LogP contribution is 2.67. The summed E-state index contributed by atoms with van der Waals surface area (Å²) in [5.41, 5.74) is -1.45. The number of benzene rings is 2. The molecule has 6 heterocycles. The molecule has 70 heavy (non-hydrogen) atoms. The zero-order chi connectivity index (χ0) is 50.6. The Bertz CT molecular complexity index is 2630. The topological polar surface area (TPSA) is 255 Å². The Hall–Kier alpha value is -3.90.